The summed E-state index contributed by atoms with van der Waals surface area (Å²) in [5.74, 6) is -4.34. The summed E-state index contributed by atoms with van der Waals surface area (Å²) in [6.07, 6.45) is 3.50. The van der Waals surface area contributed by atoms with Crippen LogP contribution < -0.4 is 4.74 Å². The number of carbonyl (C=O) groups excluding carboxylic acids is 5. The van der Waals surface area contributed by atoms with E-state index >= 15 is 0 Å². The summed E-state index contributed by atoms with van der Waals surface area (Å²) < 4.78 is 24.5. The van der Waals surface area contributed by atoms with Gasteiger partial charge in [-0.2, -0.15) is 0 Å². The van der Waals surface area contributed by atoms with Gasteiger partial charge in [0.2, 0.25) is 0 Å². The maximum absolute atomic E-state index is 12.1. The van der Waals surface area contributed by atoms with Crippen molar-refractivity contribution in [2.45, 2.75) is 74.0 Å². The first-order valence-corrected chi connectivity index (χ1v) is 14.6. The maximum Gasteiger partial charge on any atom is 0.342 e. The Morgan fingerprint density at radius 3 is 1.44 bits per heavy atom. The first kappa shape index (κ1) is 49.1. The van der Waals surface area contributed by atoms with Crippen molar-refractivity contribution in [1.29, 1.82) is 0 Å². The van der Waals surface area contributed by atoms with Crippen LogP contribution in [0.15, 0.2) is 72.8 Å². The number of esters is 5. The molecular weight excluding hydrogens is 650 g/mol. The van der Waals surface area contributed by atoms with Crippen LogP contribution in [0, 0.1) is 0 Å². The maximum atomic E-state index is 12.1. The molecule has 2 rings (SSSR count). The molecule has 2 aromatic rings. The van der Waals surface area contributed by atoms with E-state index in [1.54, 1.807) is 79.7 Å². The van der Waals surface area contributed by atoms with Crippen molar-refractivity contribution in [3.8, 4) is 11.5 Å². The second kappa shape index (κ2) is 25.7. The zero-order valence-corrected chi connectivity index (χ0v) is 28.9. The van der Waals surface area contributed by atoms with Crippen LogP contribution >= 0.6 is 0 Å². The summed E-state index contributed by atoms with van der Waals surface area (Å²) in [7, 11) is 8.00. The number of aliphatic carboxylic acids is 1. The van der Waals surface area contributed by atoms with Gasteiger partial charge < -0.3 is 33.9 Å². The van der Waals surface area contributed by atoms with E-state index < -0.39 is 47.0 Å². The van der Waals surface area contributed by atoms with E-state index in [4.69, 9.17) is 19.3 Å². The van der Waals surface area contributed by atoms with Crippen LogP contribution in [0.3, 0.4) is 0 Å². The van der Waals surface area contributed by atoms with E-state index in [-0.39, 0.29) is 43.3 Å². The fraction of sp³-hybridized carbons (Fsp3) is 0.371. The van der Waals surface area contributed by atoms with Crippen LogP contribution in [0.1, 0.15) is 83.5 Å². The molecule has 0 aliphatic heterocycles. The summed E-state index contributed by atoms with van der Waals surface area (Å²) in [4.78, 5) is 66.6. The molecule has 0 atom stereocenters. The lowest BCUT2D eigenvalue weighted by Gasteiger charge is -2.20. The summed E-state index contributed by atoms with van der Waals surface area (Å²) in [5, 5.41) is 17.4. The predicted octanol–water partition coefficient (Wildman–Crippen LogP) is 5.08. The molecular formula is C35H46B2O13. The molecule has 15 heteroatoms. The van der Waals surface area contributed by atoms with Gasteiger partial charge in [-0.3, -0.25) is 0 Å². The number of carboxylic acid groups (broad SMARTS) is 1. The average Bonchev–Trinajstić information content (AvgIpc) is 3.00. The molecule has 0 aliphatic rings. The van der Waals surface area contributed by atoms with Crippen LogP contribution in [-0.4, -0.2) is 85.9 Å². The van der Waals surface area contributed by atoms with Gasteiger partial charge in [0.15, 0.2) is 0 Å². The number of hydrogen-bond donors (Lipinski definition) is 2. The zero-order valence-electron chi connectivity index (χ0n) is 28.9. The predicted molar refractivity (Wildman–Crippen MR) is 188 cm³/mol. The molecule has 50 heavy (non-hydrogen) atoms. The lowest BCUT2D eigenvalue weighted by Crippen LogP contribution is -2.24. The third-order valence-corrected chi connectivity index (χ3v) is 4.53. The summed E-state index contributed by atoms with van der Waals surface area (Å²) in [5.41, 5.74) is -0.889. The fourth-order valence-electron chi connectivity index (χ4n) is 2.84. The Kier molecular flexibility index (Phi) is 25.2. The molecule has 0 saturated heterocycles. The second-order valence-corrected chi connectivity index (χ2v) is 10.9. The Hall–Kier alpha value is -5.33. The van der Waals surface area contributed by atoms with Gasteiger partial charge in [-0.25, -0.2) is 28.8 Å². The van der Waals surface area contributed by atoms with Gasteiger partial charge in [0.1, 0.15) is 33.8 Å². The highest BCUT2D eigenvalue weighted by molar-refractivity contribution is 6.75. The van der Waals surface area contributed by atoms with E-state index in [1.165, 1.54) is 24.3 Å². The third-order valence-electron chi connectivity index (χ3n) is 4.53. The van der Waals surface area contributed by atoms with Gasteiger partial charge in [0, 0.05) is 39.8 Å². The molecule has 0 heterocycles. The van der Waals surface area contributed by atoms with Gasteiger partial charge in [-0.15, -0.1) is 0 Å². The van der Waals surface area contributed by atoms with E-state index in [1.807, 2.05) is 0 Å². The molecule has 0 aliphatic carbocycles. The molecule has 0 unspecified atom stereocenters. The molecule has 0 saturated carbocycles. The first-order chi connectivity index (χ1) is 22.8. The normalized spacial score (nSPS) is 10.2. The quantitative estimate of drug-likeness (QED) is 0.116. The number of para-hydroxylation sites is 2. The van der Waals surface area contributed by atoms with Gasteiger partial charge in [-0.05, 0) is 79.7 Å². The molecule has 0 amide bonds. The Morgan fingerprint density at radius 2 is 1.02 bits per heavy atom. The molecule has 0 bridgehead atoms. The smallest absolute Gasteiger partial charge is 0.342 e. The van der Waals surface area contributed by atoms with Crippen molar-refractivity contribution in [1.82, 2.24) is 0 Å². The van der Waals surface area contributed by atoms with E-state index in [0.29, 0.717) is 0 Å². The average molecular weight is 696 g/mol. The van der Waals surface area contributed by atoms with Crippen molar-refractivity contribution < 1.29 is 62.7 Å². The van der Waals surface area contributed by atoms with Crippen molar-refractivity contribution in [3.63, 3.8) is 0 Å². The minimum Gasteiger partial charge on any atom is -0.507 e. The van der Waals surface area contributed by atoms with Crippen molar-refractivity contribution in [2.24, 2.45) is 0 Å². The second-order valence-electron chi connectivity index (χ2n) is 10.9. The largest absolute Gasteiger partial charge is 0.507 e. The first-order valence-electron chi connectivity index (χ1n) is 14.6. The van der Waals surface area contributed by atoms with Crippen LogP contribution in [0.5, 0.6) is 11.5 Å². The number of carbonyl (C=O) groups is 6. The number of carboxylic acids is 1. The lowest BCUT2D eigenvalue weighted by molar-refractivity contribution is -0.138. The Labute approximate surface area is 296 Å². The molecule has 0 aromatic heterocycles. The Morgan fingerprint density at radius 1 is 0.640 bits per heavy atom. The SMILES string of the molecule is C.CC(C)(C)OC(=O)c1ccccc1O.CCOC(=O)/C=C/C(=O)O.CCOC(=O)/C=C/C(=O)Oc1ccccc1C(=O)OC(C)(C)C.[B][B]. The third kappa shape index (κ3) is 24.8. The topological polar surface area (TPSA) is 189 Å². The molecule has 4 radical (unpaired) electrons. The zero-order chi connectivity index (χ0) is 38.2. The molecule has 13 nitrogen and oxygen atoms in total. The van der Waals surface area contributed by atoms with Crippen LogP contribution in [-0.2, 0) is 38.1 Å². The fourth-order valence-corrected chi connectivity index (χ4v) is 2.84. The molecule has 0 fully saturated rings. The van der Waals surface area contributed by atoms with E-state index in [9.17, 15) is 33.9 Å². The number of phenolic OH excluding ortho intramolecular Hbond substituents is 1. The Balaban J connectivity index is -0.000000699. The van der Waals surface area contributed by atoms with Gasteiger partial charge in [0.25, 0.3) is 0 Å². The number of aromatic hydroxyl groups is 1. The number of rotatable bonds is 9. The summed E-state index contributed by atoms with van der Waals surface area (Å²) in [6, 6.07) is 12.5. The van der Waals surface area contributed by atoms with Crippen LogP contribution in [0.4, 0.5) is 0 Å². The molecule has 2 aromatic carbocycles. The van der Waals surface area contributed by atoms with Gasteiger partial charge in [0.05, 0.1) is 13.2 Å². The number of ether oxygens (including phenoxy) is 5. The highest BCUT2D eigenvalue weighted by Crippen LogP contribution is 2.22. The van der Waals surface area contributed by atoms with Crippen molar-refractivity contribution in [3.05, 3.63) is 84.0 Å². The highest BCUT2D eigenvalue weighted by Gasteiger charge is 2.22. The van der Waals surface area contributed by atoms with Gasteiger partial charge >= 0.3 is 35.8 Å². The molecule has 270 valence electrons. The van der Waals surface area contributed by atoms with Crippen LogP contribution in [0.25, 0.3) is 0 Å². The highest BCUT2D eigenvalue weighted by atomic mass is 16.6. The minimum absolute atomic E-state index is 0. The van der Waals surface area contributed by atoms with Crippen molar-refractivity contribution >= 4 is 51.3 Å². The lowest BCUT2D eigenvalue weighted by atomic mass is 9.81. The minimum atomic E-state index is -1.16. The number of phenols is 1. The number of benzene rings is 2. The van der Waals surface area contributed by atoms with Crippen molar-refractivity contribution in [2.75, 3.05) is 13.2 Å². The Bertz CT molecular complexity index is 1440. The number of hydrogen-bond acceptors (Lipinski definition) is 12. The molecule has 2 N–H and O–H groups in total. The molecule has 0 spiro atoms. The summed E-state index contributed by atoms with van der Waals surface area (Å²) >= 11 is 0. The van der Waals surface area contributed by atoms with E-state index in [2.05, 4.69) is 24.9 Å². The standard InChI is InChI=1S/C17H20O6.C11H14O3.C6H8O4.CH4.B2/c1-5-21-14(18)10-11-15(19)22-13-9-7-6-8-12(13)16(20)23-17(2,3)4;1-11(2,3)14-10(13)8-6-4-5-7-9(8)12;1-2-10-6(9)4-3-5(7)8;;1-2/h6-11H,5H2,1-4H3;4-7,12H,1-3H3;3-4H,2H2,1H3,(H,7,8);1H4;/b11-10+;;4-3+;;. The van der Waals surface area contributed by atoms with E-state index in [0.717, 1.165) is 24.3 Å². The van der Waals surface area contributed by atoms with Crippen LogP contribution in [0.2, 0.25) is 0 Å². The summed E-state index contributed by atoms with van der Waals surface area (Å²) in [6.45, 7) is 14.3. The monoisotopic (exact) mass is 696 g/mol. The van der Waals surface area contributed by atoms with Gasteiger partial charge in [-0.1, -0.05) is 31.7 Å².